The fraction of sp³-hybridized carbons (Fsp3) is 0.350. The van der Waals surface area contributed by atoms with Crippen LogP contribution in [-0.2, 0) is 0 Å². The molecule has 2 amide bonds. The number of amides is 2. The Labute approximate surface area is 152 Å². The monoisotopic (exact) mass is 360 g/mol. The Morgan fingerprint density at radius 1 is 1.16 bits per heavy atom. The average Bonchev–Trinajstić information content (AvgIpc) is 2.85. The maximum absolute atomic E-state index is 13.7. The minimum absolute atomic E-state index is 0.00932. The Hall–Kier alpha value is -2.07. The van der Waals surface area contributed by atoms with E-state index >= 15 is 0 Å². The van der Waals surface area contributed by atoms with E-state index in [9.17, 15) is 9.18 Å². The molecule has 0 aliphatic carbocycles. The van der Waals surface area contributed by atoms with Gasteiger partial charge in [-0.25, -0.2) is 9.18 Å². The van der Waals surface area contributed by atoms with Gasteiger partial charge in [-0.1, -0.05) is 42.6 Å². The van der Waals surface area contributed by atoms with Crippen LogP contribution in [0.5, 0.6) is 0 Å². The van der Waals surface area contributed by atoms with Crippen LogP contribution in [-0.4, -0.2) is 17.5 Å². The van der Waals surface area contributed by atoms with Crippen LogP contribution in [0.4, 0.5) is 14.9 Å². The van der Waals surface area contributed by atoms with Crippen LogP contribution < -0.4 is 5.32 Å². The van der Waals surface area contributed by atoms with Crippen LogP contribution in [0, 0.1) is 12.7 Å². The third-order valence-electron chi connectivity index (χ3n) is 4.69. The normalized spacial score (nSPS) is 17.9. The minimum atomic E-state index is -0.317. The summed E-state index contributed by atoms with van der Waals surface area (Å²) in [6.45, 7) is 2.39. The van der Waals surface area contributed by atoms with Gasteiger partial charge in [0, 0.05) is 17.3 Å². The summed E-state index contributed by atoms with van der Waals surface area (Å²) in [7, 11) is 0. The highest BCUT2D eigenvalue weighted by molar-refractivity contribution is 6.30. The molecule has 25 heavy (non-hydrogen) atoms. The molecule has 1 aliphatic rings. The SMILES string of the molecule is Cc1ccc(NC(=O)N2CCCCC[C@H]2c2ccc(Cl)cc2)cc1F. The molecule has 2 aromatic rings. The lowest BCUT2D eigenvalue weighted by Gasteiger charge is -2.30. The Balaban J connectivity index is 1.81. The van der Waals surface area contributed by atoms with E-state index in [-0.39, 0.29) is 17.9 Å². The van der Waals surface area contributed by atoms with Crippen molar-refractivity contribution in [3.63, 3.8) is 0 Å². The zero-order valence-electron chi connectivity index (χ0n) is 14.3. The van der Waals surface area contributed by atoms with E-state index in [0.29, 0.717) is 22.8 Å². The van der Waals surface area contributed by atoms with E-state index in [1.165, 1.54) is 6.07 Å². The van der Waals surface area contributed by atoms with Crippen LogP contribution in [0.15, 0.2) is 42.5 Å². The highest BCUT2D eigenvalue weighted by atomic mass is 35.5. The first kappa shape index (κ1) is 17.7. The van der Waals surface area contributed by atoms with E-state index in [1.807, 2.05) is 29.2 Å². The Morgan fingerprint density at radius 3 is 2.64 bits per heavy atom. The number of benzene rings is 2. The van der Waals surface area contributed by atoms with E-state index in [2.05, 4.69) is 5.32 Å². The predicted molar refractivity (Wildman–Crippen MR) is 99.5 cm³/mol. The summed E-state index contributed by atoms with van der Waals surface area (Å²) in [5, 5.41) is 3.52. The number of halogens is 2. The number of hydrogen-bond acceptors (Lipinski definition) is 1. The van der Waals surface area contributed by atoms with Crippen molar-refractivity contribution < 1.29 is 9.18 Å². The van der Waals surface area contributed by atoms with Crippen LogP contribution in [0.1, 0.15) is 42.9 Å². The van der Waals surface area contributed by atoms with Crippen LogP contribution in [0.2, 0.25) is 5.02 Å². The molecule has 2 aromatic carbocycles. The first-order valence-corrected chi connectivity index (χ1v) is 9.01. The van der Waals surface area contributed by atoms with Crippen molar-refractivity contribution in [1.82, 2.24) is 4.90 Å². The Morgan fingerprint density at radius 2 is 1.92 bits per heavy atom. The molecule has 0 unspecified atom stereocenters. The fourth-order valence-corrected chi connectivity index (χ4v) is 3.37. The quantitative estimate of drug-likeness (QED) is 0.706. The number of urea groups is 1. The number of nitrogens with one attached hydrogen (secondary N) is 1. The van der Waals surface area contributed by atoms with E-state index in [4.69, 9.17) is 11.6 Å². The summed E-state index contributed by atoms with van der Waals surface area (Å²) >= 11 is 5.99. The van der Waals surface area contributed by atoms with Crippen molar-refractivity contribution in [1.29, 1.82) is 0 Å². The van der Waals surface area contributed by atoms with Gasteiger partial charge in [0.05, 0.1) is 6.04 Å². The second-order valence-electron chi connectivity index (χ2n) is 6.50. The Bertz CT molecular complexity index is 748. The lowest BCUT2D eigenvalue weighted by molar-refractivity contribution is 0.189. The Kier molecular flexibility index (Phi) is 5.59. The first-order valence-electron chi connectivity index (χ1n) is 8.64. The molecule has 1 fully saturated rings. The lowest BCUT2D eigenvalue weighted by atomic mass is 10.0. The van der Waals surface area contributed by atoms with Crippen molar-refractivity contribution >= 4 is 23.3 Å². The second kappa shape index (κ2) is 7.87. The van der Waals surface area contributed by atoms with Gasteiger partial charge in [-0.3, -0.25) is 0 Å². The molecule has 0 bridgehead atoms. The number of anilines is 1. The second-order valence-corrected chi connectivity index (χ2v) is 6.94. The zero-order valence-corrected chi connectivity index (χ0v) is 15.0. The number of rotatable bonds is 2. The summed E-state index contributed by atoms with van der Waals surface area (Å²) in [6.07, 6.45) is 4.07. The summed E-state index contributed by atoms with van der Waals surface area (Å²) in [4.78, 5) is 14.7. The van der Waals surface area contributed by atoms with Gasteiger partial charge in [0.1, 0.15) is 5.82 Å². The summed E-state index contributed by atoms with van der Waals surface area (Å²) in [5.74, 6) is -0.317. The van der Waals surface area contributed by atoms with Gasteiger partial charge in [-0.2, -0.15) is 0 Å². The number of nitrogens with zero attached hydrogens (tertiary/aromatic N) is 1. The number of carbonyl (C=O) groups excluding carboxylic acids is 1. The fourth-order valence-electron chi connectivity index (χ4n) is 3.25. The summed E-state index contributed by atoms with van der Waals surface area (Å²) in [5.41, 5.74) is 2.12. The molecule has 1 aliphatic heterocycles. The van der Waals surface area contributed by atoms with Gasteiger partial charge in [-0.15, -0.1) is 0 Å². The van der Waals surface area contributed by atoms with Crippen LogP contribution >= 0.6 is 11.6 Å². The zero-order chi connectivity index (χ0) is 17.8. The van der Waals surface area contributed by atoms with Gasteiger partial charge in [0.25, 0.3) is 0 Å². The third kappa shape index (κ3) is 4.31. The molecule has 0 aromatic heterocycles. The predicted octanol–water partition coefficient (Wildman–Crippen LogP) is 5.94. The van der Waals surface area contributed by atoms with E-state index in [0.717, 1.165) is 31.2 Å². The van der Waals surface area contributed by atoms with Crippen molar-refractivity contribution in [2.24, 2.45) is 0 Å². The number of likely N-dealkylation sites (tertiary alicyclic amines) is 1. The maximum Gasteiger partial charge on any atom is 0.322 e. The highest BCUT2D eigenvalue weighted by Gasteiger charge is 2.27. The summed E-state index contributed by atoms with van der Waals surface area (Å²) in [6, 6.07) is 12.2. The van der Waals surface area contributed by atoms with Gasteiger partial charge >= 0.3 is 6.03 Å². The molecule has 0 saturated carbocycles. The van der Waals surface area contributed by atoms with Crippen molar-refractivity contribution in [2.75, 3.05) is 11.9 Å². The maximum atomic E-state index is 13.7. The molecule has 5 heteroatoms. The third-order valence-corrected chi connectivity index (χ3v) is 4.94. The lowest BCUT2D eigenvalue weighted by Crippen LogP contribution is -2.38. The van der Waals surface area contributed by atoms with Crippen molar-refractivity contribution in [3.8, 4) is 0 Å². The van der Waals surface area contributed by atoms with Gasteiger partial charge in [0.2, 0.25) is 0 Å². The molecule has 1 saturated heterocycles. The topological polar surface area (TPSA) is 32.3 Å². The van der Waals surface area contributed by atoms with Crippen molar-refractivity contribution in [2.45, 2.75) is 38.6 Å². The minimum Gasteiger partial charge on any atom is -0.317 e. The van der Waals surface area contributed by atoms with Gasteiger partial charge in [-0.05, 0) is 55.2 Å². The number of hydrogen-bond donors (Lipinski definition) is 1. The van der Waals surface area contributed by atoms with Crippen molar-refractivity contribution in [3.05, 3.63) is 64.4 Å². The van der Waals surface area contributed by atoms with E-state index in [1.54, 1.807) is 19.1 Å². The van der Waals surface area contributed by atoms with Crippen LogP contribution in [0.3, 0.4) is 0 Å². The number of carbonyl (C=O) groups is 1. The summed E-state index contributed by atoms with van der Waals surface area (Å²) < 4.78 is 13.7. The standard InChI is InChI=1S/C20H22ClFN2O/c1-14-6-11-17(13-18(14)22)23-20(25)24-12-4-2-3-5-19(24)15-7-9-16(21)10-8-15/h6-11,13,19H,2-5,12H2,1H3,(H,23,25)/t19-/m0/s1. The molecule has 1 heterocycles. The van der Waals surface area contributed by atoms with E-state index < -0.39 is 0 Å². The first-order chi connectivity index (χ1) is 12.0. The largest absolute Gasteiger partial charge is 0.322 e. The molecule has 3 rings (SSSR count). The molecule has 3 nitrogen and oxygen atoms in total. The smallest absolute Gasteiger partial charge is 0.317 e. The van der Waals surface area contributed by atoms with Gasteiger partial charge < -0.3 is 10.2 Å². The molecule has 1 N–H and O–H groups in total. The molecule has 0 radical (unpaired) electrons. The molecule has 1 atom stereocenters. The highest BCUT2D eigenvalue weighted by Crippen LogP contribution is 2.31. The number of aryl methyl sites for hydroxylation is 1. The van der Waals surface area contributed by atoms with Gasteiger partial charge in [0.15, 0.2) is 0 Å². The molecule has 0 spiro atoms. The molecular formula is C20H22ClFN2O. The molecule has 132 valence electrons. The van der Waals surface area contributed by atoms with Crippen LogP contribution in [0.25, 0.3) is 0 Å². The average molecular weight is 361 g/mol. The molecular weight excluding hydrogens is 339 g/mol.